The second-order valence-corrected chi connectivity index (χ2v) is 7.68. The van der Waals surface area contributed by atoms with Crippen molar-refractivity contribution in [2.75, 3.05) is 26.7 Å². The third-order valence-corrected chi connectivity index (χ3v) is 5.64. The molecule has 1 aromatic carbocycles. The Bertz CT molecular complexity index is 737. The highest BCUT2D eigenvalue weighted by atomic mass is 32.1. The van der Waals surface area contributed by atoms with Crippen molar-refractivity contribution in [1.29, 1.82) is 0 Å². The summed E-state index contributed by atoms with van der Waals surface area (Å²) in [4.78, 5) is 12.6. The van der Waals surface area contributed by atoms with Gasteiger partial charge in [0.1, 0.15) is 0 Å². The summed E-state index contributed by atoms with van der Waals surface area (Å²) >= 11 is 1.74. The summed E-state index contributed by atoms with van der Waals surface area (Å²) in [5.74, 6) is 0.850. The number of benzene rings is 1. The second kappa shape index (κ2) is 8.45. The van der Waals surface area contributed by atoms with Gasteiger partial charge in [0, 0.05) is 38.1 Å². The number of aryl methyl sites for hydroxylation is 2. The third kappa shape index (κ3) is 4.80. The lowest BCUT2D eigenvalue weighted by Gasteiger charge is -2.28. The molecule has 134 valence electrons. The Balaban J connectivity index is 1.42. The fourth-order valence-corrected chi connectivity index (χ4v) is 4.08. The highest BCUT2D eigenvalue weighted by molar-refractivity contribution is 7.11. The summed E-state index contributed by atoms with van der Waals surface area (Å²) < 4.78 is 0. The van der Waals surface area contributed by atoms with E-state index in [-0.39, 0.29) is 0 Å². The van der Waals surface area contributed by atoms with Crippen molar-refractivity contribution in [2.24, 2.45) is 4.99 Å². The normalized spacial score (nSPS) is 15.1. The number of nitrogens with one attached hydrogen (secondary N) is 2. The first-order valence-electron chi connectivity index (χ1n) is 8.82. The lowest BCUT2D eigenvalue weighted by atomic mass is 10.00. The van der Waals surface area contributed by atoms with E-state index in [9.17, 15) is 0 Å². The zero-order valence-corrected chi connectivity index (χ0v) is 16.1. The molecule has 0 atom stereocenters. The number of aliphatic imine (C=N–C) groups is 1. The molecular formula is C19H27N5S. The number of thiazole rings is 1. The van der Waals surface area contributed by atoms with Crippen LogP contribution in [0.5, 0.6) is 0 Å². The maximum atomic E-state index is 4.47. The van der Waals surface area contributed by atoms with Crippen molar-refractivity contribution in [2.45, 2.75) is 33.4 Å². The van der Waals surface area contributed by atoms with Gasteiger partial charge in [-0.15, -0.1) is 11.3 Å². The van der Waals surface area contributed by atoms with E-state index >= 15 is 0 Å². The summed E-state index contributed by atoms with van der Waals surface area (Å²) in [7, 11) is 1.82. The van der Waals surface area contributed by atoms with Crippen LogP contribution in [-0.2, 0) is 19.5 Å². The van der Waals surface area contributed by atoms with Crippen LogP contribution in [-0.4, -0.2) is 42.5 Å². The van der Waals surface area contributed by atoms with Gasteiger partial charge in [0.15, 0.2) is 5.96 Å². The lowest BCUT2D eigenvalue weighted by molar-refractivity contribution is 0.258. The van der Waals surface area contributed by atoms with Gasteiger partial charge in [-0.1, -0.05) is 24.3 Å². The number of aromatic nitrogens is 1. The van der Waals surface area contributed by atoms with E-state index in [2.05, 4.69) is 56.7 Å². The molecule has 0 radical (unpaired) electrons. The van der Waals surface area contributed by atoms with Gasteiger partial charge in [-0.25, -0.2) is 4.98 Å². The van der Waals surface area contributed by atoms with E-state index in [4.69, 9.17) is 0 Å². The van der Waals surface area contributed by atoms with Crippen LogP contribution in [0.4, 0.5) is 0 Å². The van der Waals surface area contributed by atoms with Crippen LogP contribution in [0, 0.1) is 13.8 Å². The van der Waals surface area contributed by atoms with Crippen molar-refractivity contribution in [1.82, 2.24) is 20.5 Å². The zero-order valence-electron chi connectivity index (χ0n) is 15.3. The molecular weight excluding hydrogens is 330 g/mol. The van der Waals surface area contributed by atoms with Crippen LogP contribution < -0.4 is 10.6 Å². The van der Waals surface area contributed by atoms with Crippen LogP contribution in [0.2, 0.25) is 0 Å². The summed E-state index contributed by atoms with van der Waals surface area (Å²) in [6.07, 6.45) is 1.15. The highest BCUT2D eigenvalue weighted by Gasteiger charge is 2.15. The third-order valence-electron chi connectivity index (χ3n) is 4.57. The average molecular weight is 358 g/mol. The van der Waals surface area contributed by atoms with E-state index in [1.165, 1.54) is 16.0 Å². The smallest absolute Gasteiger partial charge is 0.191 e. The molecule has 1 aromatic heterocycles. The molecule has 0 fully saturated rings. The zero-order chi connectivity index (χ0) is 17.6. The molecule has 2 aromatic rings. The molecule has 25 heavy (non-hydrogen) atoms. The number of rotatable bonds is 5. The number of nitrogens with zero attached hydrogens (tertiary/aromatic N) is 3. The monoisotopic (exact) mass is 357 g/mol. The molecule has 1 aliphatic rings. The van der Waals surface area contributed by atoms with Gasteiger partial charge < -0.3 is 10.6 Å². The minimum Gasteiger partial charge on any atom is -0.355 e. The largest absolute Gasteiger partial charge is 0.355 e. The van der Waals surface area contributed by atoms with Crippen molar-refractivity contribution in [3.8, 4) is 0 Å². The molecule has 0 spiro atoms. The molecule has 5 nitrogen and oxygen atoms in total. The molecule has 0 unspecified atom stereocenters. The molecule has 0 amide bonds. The Labute approximate surface area is 154 Å². The Morgan fingerprint density at radius 1 is 1.24 bits per heavy atom. The average Bonchev–Trinajstić information content (AvgIpc) is 2.95. The first-order valence-corrected chi connectivity index (χ1v) is 9.64. The summed E-state index contributed by atoms with van der Waals surface area (Å²) in [6, 6.07) is 8.77. The molecule has 0 saturated carbocycles. The van der Waals surface area contributed by atoms with Gasteiger partial charge in [0.2, 0.25) is 0 Å². The van der Waals surface area contributed by atoms with Gasteiger partial charge in [-0.05, 0) is 31.4 Å². The number of guanidine groups is 1. The highest BCUT2D eigenvalue weighted by Crippen LogP contribution is 2.18. The van der Waals surface area contributed by atoms with E-state index < -0.39 is 0 Å². The predicted octanol–water partition coefficient (Wildman–Crippen LogP) is 2.48. The van der Waals surface area contributed by atoms with Gasteiger partial charge in [0.25, 0.3) is 0 Å². The van der Waals surface area contributed by atoms with Crippen molar-refractivity contribution < 1.29 is 0 Å². The van der Waals surface area contributed by atoms with Crippen LogP contribution >= 0.6 is 11.3 Å². The molecule has 6 heteroatoms. The molecule has 3 rings (SSSR count). The Morgan fingerprint density at radius 2 is 2.04 bits per heavy atom. The Kier molecular flexibility index (Phi) is 6.04. The quantitative estimate of drug-likeness (QED) is 0.638. The molecule has 1 aliphatic heterocycles. The fourth-order valence-electron chi connectivity index (χ4n) is 3.20. The Morgan fingerprint density at radius 3 is 2.76 bits per heavy atom. The Hall–Kier alpha value is -1.92. The molecule has 0 aliphatic carbocycles. The van der Waals surface area contributed by atoms with E-state index in [0.29, 0.717) is 0 Å². The SMILES string of the molecule is CN=C(NCCN1CCc2ccccc2C1)NCc1sc(C)nc1C. The minimum atomic E-state index is 0.772. The molecule has 2 heterocycles. The van der Waals surface area contributed by atoms with Crippen LogP contribution in [0.25, 0.3) is 0 Å². The molecule has 0 bridgehead atoms. The minimum absolute atomic E-state index is 0.772. The van der Waals surface area contributed by atoms with E-state index in [0.717, 1.165) is 55.8 Å². The van der Waals surface area contributed by atoms with Crippen LogP contribution in [0.1, 0.15) is 26.7 Å². The van der Waals surface area contributed by atoms with Crippen LogP contribution in [0.15, 0.2) is 29.3 Å². The summed E-state index contributed by atoms with van der Waals surface area (Å²) in [6.45, 7) is 8.97. The van der Waals surface area contributed by atoms with Gasteiger partial charge in [-0.3, -0.25) is 9.89 Å². The molecule has 0 saturated heterocycles. The number of hydrogen-bond donors (Lipinski definition) is 2. The number of hydrogen-bond acceptors (Lipinski definition) is 4. The van der Waals surface area contributed by atoms with Crippen molar-refractivity contribution in [3.63, 3.8) is 0 Å². The van der Waals surface area contributed by atoms with Gasteiger partial charge in [0.05, 0.1) is 17.2 Å². The summed E-state index contributed by atoms with van der Waals surface area (Å²) in [5.41, 5.74) is 4.07. The second-order valence-electron chi connectivity index (χ2n) is 6.39. The van der Waals surface area contributed by atoms with Crippen molar-refractivity contribution >= 4 is 17.3 Å². The summed E-state index contributed by atoms with van der Waals surface area (Å²) in [5, 5.41) is 7.92. The maximum Gasteiger partial charge on any atom is 0.191 e. The van der Waals surface area contributed by atoms with Crippen LogP contribution in [0.3, 0.4) is 0 Å². The van der Waals surface area contributed by atoms with E-state index in [1.807, 2.05) is 14.0 Å². The van der Waals surface area contributed by atoms with E-state index in [1.54, 1.807) is 11.3 Å². The predicted molar refractivity (Wildman–Crippen MR) is 105 cm³/mol. The number of fused-ring (bicyclic) bond motifs is 1. The van der Waals surface area contributed by atoms with Crippen molar-refractivity contribution in [3.05, 3.63) is 51.0 Å². The molecule has 2 N–H and O–H groups in total. The maximum absolute atomic E-state index is 4.47. The standard InChI is InChI=1S/C19H27N5S/c1-14-18(25-15(2)23-14)12-22-19(20-3)21-9-11-24-10-8-16-6-4-5-7-17(16)13-24/h4-7H,8-13H2,1-3H3,(H2,20,21,22). The van der Waals surface area contributed by atoms with Gasteiger partial charge in [-0.2, -0.15) is 0 Å². The lowest BCUT2D eigenvalue weighted by Crippen LogP contribution is -2.42. The first kappa shape index (κ1) is 17.9. The topological polar surface area (TPSA) is 52.6 Å². The fraction of sp³-hybridized carbons (Fsp3) is 0.474. The first-order chi connectivity index (χ1) is 12.2. The van der Waals surface area contributed by atoms with Gasteiger partial charge >= 0.3 is 0 Å².